The number of rotatable bonds is 4. The van der Waals surface area contributed by atoms with E-state index in [9.17, 15) is 35.9 Å². The molecule has 6 nitrogen and oxygen atoms in total. The first-order chi connectivity index (χ1) is 15.5. The Kier molecular flexibility index (Phi) is 6.86. The highest BCUT2D eigenvalue weighted by atomic mass is 19.4. The SMILES string of the molecule is CC(C)(C)OC(=O)N[C@@H]1C[C@H]2CNC[C@@]2(C(=O)NCc2cc(C(F)(F)F)cc(C(F)(F)F)c2)C1. The van der Waals surface area contributed by atoms with E-state index in [1.54, 1.807) is 20.8 Å². The predicted molar refractivity (Wildman–Crippen MR) is 109 cm³/mol. The van der Waals surface area contributed by atoms with E-state index in [1.165, 1.54) is 0 Å². The van der Waals surface area contributed by atoms with Crippen molar-refractivity contribution in [3.05, 3.63) is 34.9 Å². The number of carbonyl (C=O) groups excluding carboxylic acids is 2. The van der Waals surface area contributed by atoms with Gasteiger partial charge in [-0.05, 0) is 69.8 Å². The maximum absolute atomic E-state index is 13.1. The van der Waals surface area contributed by atoms with Crippen molar-refractivity contribution in [2.45, 2.75) is 64.2 Å². The van der Waals surface area contributed by atoms with Crippen LogP contribution in [-0.4, -0.2) is 36.7 Å². The average Bonchev–Trinajstić information content (AvgIpc) is 3.20. The Hall–Kier alpha value is -2.50. The molecule has 3 N–H and O–H groups in total. The van der Waals surface area contributed by atoms with E-state index in [0.717, 1.165) is 0 Å². The zero-order chi connectivity index (χ0) is 25.5. The Balaban J connectivity index is 1.72. The normalized spacial score (nSPS) is 25.1. The van der Waals surface area contributed by atoms with E-state index in [1.807, 2.05) is 0 Å². The van der Waals surface area contributed by atoms with Crippen LogP contribution in [0.25, 0.3) is 0 Å². The van der Waals surface area contributed by atoms with Crippen LogP contribution in [0.3, 0.4) is 0 Å². The van der Waals surface area contributed by atoms with Crippen molar-refractivity contribution >= 4 is 12.0 Å². The molecule has 1 saturated carbocycles. The van der Waals surface area contributed by atoms with E-state index in [-0.39, 0.29) is 36.6 Å². The molecule has 1 aliphatic heterocycles. The molecule has 0 bridgehead atoms. The van der Waals surface area contributed by atoms with Crippen molar-refractivity contribution in [1.29, 1.82) is 0 Å². The third kappa shape index (κ3) is 5.94. The Morgan fingerprint density at radius 1 is 1.06 bits per heavy atom. The van der Waals surface area contributed by atoms with Gasteiger partial charge in [-0.1, -0.05) is 0 Å². The lowest BCUT2D eigenvalue weighted by Crippen LogP contribution is -2.45. The summed E-state index contributed by atoms with van der Waals surface area (Å²) >= 11 is 0. The minimum Gasteiger partial charge on any atom is -0.444 e. The van der Waals surface area contributed by atoms with E-state index in [2.05, 4.69) is 16.0 Å². The highest BCUT2D eigenvalue weighted by Gasteiger charge is 2.55. The number of ether oxygens (including phenoxy) is 1. The molecule has 0 aromatic heterocycles. The van der Waals surface area contributed by atoms with Crippen LogP contribution in [0.4, 0.5) is 31.1 Å². The minimum atomic E-state index is -4.97. The number of hydrogen-bond donors (Lipinski definition) is 3. The van der Waals surface area contributed by atoms with E-state index in [0.29, 0.717) is 25.1 Å². The maximum atomic E-state index is 13.1. The molecule has 1 aliphatic carbocycles. The summed E-state index contributed by atoms with van der Waals surface area (Å²) in [6.07, 6.45) is -9.80. The fourth-order valence-electron chi connectivity index (χ4n) is 4.65. The molecule has 2 aliphatic rings. The van der Waals surface area contributed by atoms with Crippen LogP contribution in [0, 0.1) is 11.3 Å². The molecule has 0 radical (unpaired) electrons. The fourth-order valence-corrected chi connectivity index (χ4v) is 4.65. The van der Waals surface area contributed by atoms with Crippen LogP contribution in [0.5, 0.6) is 0 Å². The second-order valence-corrected chi connectivity index (χ2v) is 9.86. The summed E-state index contributed by atoms with van der Waals surface area (Å²) in [6.45, 7) is 5.44. The Morgan fingerprint density at radius 3 is 2.18 bits per heavy atom. The van der Waals surface area contributed by atoms with Crippen molar-refractivity contribution in [3.8, 4) is 0 Å². The van der Waals surface area contributed by atoms with Crippen molar-refractivity contribution < 1.29 is 40.7 Å². The van der Waals surface area contributed by atoms with Gasteiger partial charge in [0.1, 0.15) is 5.60 Å². The summed E-state index contributed by atoms with van der Waals surface area (Å²) in [5.41, 5.74) is -4.82. The van der Waals surface area contributed by atoms with Gasteiger partial charge in [-0.2, -0.15) is 26.3 Å². The van der Waals surface area contributed by atoms with Gasteiger partial charge >= 0.3 is 18.4 Å². The molecule has 2 fully saturated rings. The molecule has 1 aromatic carbocycles. The molecule has 1 saturated heterocycles. The number of halogens is 6. The largest absolute Gasteiger partial charge is 0.444 e. The quantitative estimate of drug-likeness (QED) is 0.547. The number of carbonyl (C=O) groups is 2. The summed E-state index contributed by atoms with van der Waals surface area (Å²) in [6, 6.07) is 0.890. The molecule has 12 heteroatoms. The van der Waals surface area contributed by atoms with Gasteiger partial charge in [0.25, 0.3) is 0 Å². The third-order valence-corrected chi connectivity index (χ3v) is 6.07. The van der Waals surface area contributed by atoms with Gasteiger partial charge in [-0.3, -0.25) is 4.79 Å². The number of alkyl halides is 6. The molecule has 1 aromatic rings. The maximum Gasteiger partial charge on any atom is 0.416 e. The zero-order valence-electron chi connectivity index (χ0n) is 18.9. The minimum absolute atomic E-state index is 0.0465. The molecule has 3 rings (SSSR count). The third-order valence-electron chi connectivity index (χ3n) is 6.07. The molecule has 1 heterocycles. The second-order valence-electron chi connectivity index (χ2n) is 9.86. The van der Waals surface area contributed by atoms with Gasteiger partial charge in [0.2, 0.25) is 5.91 Å². The van der Waals surface area contributed by atoms with Gasteiger partial charge in [-0.25, -0.2) is 4.79 Å². The lowest BCUT2D eigenvalue weighted by atomic mass is 9.79. The summed E-state index contributed by atoms with van der Waals surface area (Å²) in [7, 11) is 0. The standard InChI is InChI=1S/C22H27F6N3O3/c1-19(2,3)34-18(33)31-16-7-15-10-29-11-20(15,8-16)17(32)30-9-12-4-13(21(23,24)25)6-14(5-12)22(26,27)28/h4-6,15-16,29H,7-11H2,1-3H3,(H,30,32)(H,31,33)/t15-,16+,20-/m0/s1. The van der Waals surface area contributed by atoms with Crippen LogP contribution in [-0.2, 0) is 28.4 Å². The summed E-state index contributed by atoms with van der Waals surface area (Å²) in [4.78, 5) is 25.2. The lowest BCUT2D eigenvalue weighted by Gasteiger charge is -2.27. The van der Waals surface area contributed by atoms with Crippen LogP contribution in [0.15, 0.2) is 18.2 Å². The first kappa shape index (κ1) is 26.1. The monoisotopic (exact) mass is 495 g/mol. The van der Waals surface area contributed by atoms with Crippen molar-refractivity contribution in [1.82, 2.24) is 16.0 Å². The summed E-state index contributed by atoms with van der Waals surface area (Å²) < 4.78 is 83.8. The van der Waals surface area contributed by atoms with Crippen molar-refractivity contribution in [3.63, 3.8) is 0 Å². The van der Waals surface area contributed by atoms with Gasteiger partial charge in [0.15, 0.2) is 0 Å². The van der Waals surface area contributed by atoms with E-state index < -0.39 is 53.0 Å². The fraction of sp³-hybridized carbons (Fsp3) is 0.636. The highest BCUT2D eigenvalue weighted by Crippen LogP contribution is 2.46. The Bertz CT molecular complexity index is 909. The average molecular weight is 495 g/mol. The van der Waals surface area contributed by atoms with Crippen LogP contribution in [0.1, 0.15) is 50.3 Å². The van der Waals surface area contributed by atoms with Crippen LogP contribution in [0.2, 0.25) is 0 Å². The number of nitrogens with one attached hydrogen (secondary N) is 3. The molecule has 3 atom stereocenters. The zero-order valence-corrected chi connectivity index (χ0v) is 18.9. The predicted octanol–water partition coefficient (Wildman–Crippen LogP) is 4.23. The summed E-state index contributed by atoms with van der Waals surface area (Å²) in [5, 5.41) is 8.37. The topological polar surface area (TPSA) is 79.5 Å². The number of hydrogen-bond acceptors (Lipinski definition) is 4. The number of amides is 2. The smallest absolute Gasteiger partial charge is 0.416 e. The molecule has 2 amide bonds. The van der Waals surface area contributed by atoms with Crippen LogP contribution < -0.4 is 16.0 Å². The molecule has 190 valence electrons. The second kappa shape index (κ2) is 8.94. The first-order valence-corrected chi connectivity index (χ1v) is 10.8. The number of alkyl carbamates (subject to hydrolysis) is 1. The first-order valence-electron chi connectivity index (χ1n) is 10.8. The van der Waals surface area contributed by atoms with E-state index >= 15 is 0 Å². The van der Waals surface area contributed by atoms with Crippen molar-refractivity contribution in [2.24, 2.45) is 11.3 Å². The molecule has 0 spiro atoms. The molecular formula is C22H27F6N3O3. The van der Waals surface area contributed by atoms with Gasteiger partial charge in [0.05, 0.1) is 16.5 Å². The Morgan fingerprint density at radius 2 is 1.65 bits per heavy atom. The number of benzene rings is 1. The van der Waals surface area contributed by atoms with Crippen molar-refractivity contribution in [2.75, 3.05) is 13.1 Å². The molecular weight excluding hydrogens is 468 g/mol. The van der Waals surface area contributed by atoms with Gasteiger partial charge in [-0.15, -0.1) is 0 Å². The van der Waals surface area contributed by atoms with Crippen LogP contribution >= 0.6 is 0 Å². The molecule has 34 heavy (non-hydrogen) atoms. The lowest BCUT2D eigenvalue weighted by molar-refractivity contribution is -0.143. The van der Waals surface area contributed by atoms with E-state index in [4.69, 9.17) is 4.74 Å². The Labute approximate surface area is 192 Å². The number of fused-ring (bicyclic) bond motifs is 1. The summed E-state index contributed by atoms with van der Waals surface area (Å²) in [5.74, 6) is -0.637. The van der Waals surface area contributed by atoms with Gasteiger partial charge < -0.3 is 20.7 Å². The van der Waals surface area contributed by atoms with Gasteiger partial charge in [0, 0.05) is 19.1 Å². The highest BCUT2D eigenvalue weighted by molar-refractivity contribution is 5.84. The molecule has 0 unspecified atom stereocenters.